The smallest absolute Gasteiger partial charge is 0.223 e. The van der Waals surface area contributed by atoms with Gasteiger partial charge in [0.15, 0.2) is 0 Å². The molecule has 0 saturated carbocycles. The third-order valence-corrected chi connectivity index (χ3v) is 2.42. The first kappa shape index (κ1) is 12.1. The second kappa shape index (κ2) is 4.84. The van der Waals surface area contributed by atoms with Crippen molar-refractivity contribution in [2.75, 3.05) is 16.5 Å². The van der Waals surface area contributed by atoms with Gasteiger partial charge in [-0.15, -0.1) is 0 Å². The average molecular weight is 248 g/mol. The quantitative estimate of drug-likeness (QED) is 0.485. The van der Waals surface area contributed by atoms with Crippen molar-refractivity contribution >= 4 is 23.3 Å². The minimum absolute atomic E-state index is 0.0713. The molecule has 2 aromatic rings. The lowest BCUT2D eigenvalue weighted by Gasteiger charge is -2.10. The van der Waals surface area contributed by atoms with E-state index in [-0.39, 0.29) is 11.8 Å². The first-order valence-corrected chi connectivity index (χ1v) is 5.23. The molecule has 0 unspecified atom stereocenters. The summed E-state index contributed by atoms with van der Waals surface area (Å²) in [4.78, 5) is 7.84. The summed E-state index contributed by atoms with van der Waals surface area (Å²) >= 11 is 0. The number of benzene rings is 1. The van der Waals surface area contributed by atoms with Crippen LogP contribution in [0.4, 0.5) is 27.7 Å². The van der Waals surface area contributed by atoms with Gasteiger partial charge in [0.25, 0.3) is 0 Å². The normalized spacial score (nSPS) is 10.2. The first-order chi connectivity index (χ1) is 8.60. The molecule has 0 fully saturated rings. The van der Waals surface area contributed by atoms with E-state index in [2.05, 4.69) is 20.7 Å². The Hall–Kier alpha value is -2.41. The number of anilines is 4. The molecule has 1 aromatic heterocycles. The van der Waals surface area contributed by atoms with Crippen LogP contribution in [-0.4, -0.2) is 9.97 Å². The molecule has 18 heavy (non-hydrogen) atoms. The molecule has 0 amide bonds. The lowest BCUT2D eigenvalue weighted by Crippen LogP contribution is -2.11. The lowest BCUT2D eigenvalue weighted by molar-refractivity contribution is 0.619. The zero-order valence-corrected chi connectivity index (χ0v) is 9.74. The number of nitrogens with one attached hydrogen (secondary N) is 2. The average Bonchev–Trinajstić information content (AvgIpc) is 2.34. The monoisotopic (exact) mass is 248 g/mol. The third kappa shape index (κ3) is 2.46. The summed E-state index contributed by atoms with van der Waals surface area (Å²) in [6, 6.07) is 6.31. The molecule has 7 heteroatoms. The van der Waals surface area contributed by atoms with Crippen molar-refractivity contribution in [3.63, 3.8) is 0 Å². The third-order valence-electron chi connectivity index (χ3n) is 2.42. The zero-order chi connectivity index (χ0) is 13.1. The maximum Gasteiger partial charge on any atom is 0.223 e. The number of aromatic nitrogens is 2. The van der Waals surface area contributed by atoms with Gasteiger partial charge in [-0.25, -0.2) is 10.2 Å². The van der Waals surface area contributed by atoms with E-state index in [4.69, 9.17) is 11.6 Å². The van der Waals surface area contributed by atoms with E-state index in [9.17, 15) is 4.39 Å². The van der Waals surface area contributed by atoms with Crippen LogP contribution in [0.1, 0.15) is 5.56 Å². The standard InChI is InChI=1S/C11H13FN6/c1-6-7(12)3-2-4-8(6)15-9-5-10(18-14)17-11(13)16-9/h2-5H,14H2,1H3,(H4,13,15,16,17,18). The summed E-state index contributed by atoms with van der Waals surface area (Å²) in [6.45, 7) is 1.67. The van der Waals surface area contributed by atoms with Crippen molar-refractivity contribution in [3.05, 3.63) is 35.6 Å². The summed E-state index contributed by atoms with van der Waals surface area (Å²) in [5.41, 5.74) is 9.00. The molecule has 0 radical (unpaired) electrons. The van der Waals surface area contributed by atoms with Gasteiger partial charge in [0.05, 0.1) is 0 Å². The van der Waals surface area contributed by atoms with E-state index in [0.29, 0.717) is 22.9 Å². The van der Waals surface area contributed by atoms with E-state index in [1.165, 1.54) is 6.07 Å². The van der Waals surface area contributed by atoms with Crippen LogP contribution in [0.5, 0.6) is 0 Å². The molecule has 6 nitrogen and oxygen atoms in total. The van der Waals surface area contributed by atoms with Gasteiger partial charge in [-0.3, -0.25) is 0 Å². The van der Waals surface area contributed by atoms with E-state index < -0.39 is 0 Å². The van der Waals surface area contributed by atoms with E-state index in [0.717, 1.165) is 0 Å². The minimum atomic E-state index is -0.292. The molecule has 6 N–H and O–H groups in total. The molecule has 0 aliphatic heterocycles. The van der Waals surface area contributed by atoms with Gasteiger partial charge in [-0.1, -0.05) is 6.07 Å². The molecule has 2 rings (SSSR count). The van der Waals surface area contributed by atoms with Crippen molar-refractivity contribution in [3.8, 4) is 0 Å². The minimum Gasteiger partial charge on any atom is -0.368 e. The lowest BCUT2D eigenvalue weighted by atomic mass is 10.2. The van der Waals surface area contributed by atoms with Crippen LogP contribution >= 0.6 is 0 Å². The Morgan fingerprint density at radius 3 is 2.67 bits per heavy atom. The number of nitrogens with zero attached hydrogens (tertiary/aromatic N) is 2. The van der Waals surface area contributed by atoms with Gasteiger partial charge in [-0.2, -0.15) is 9.97 Å². The van der Waals surface area contributed by atoms with Crippen LogP contribution < -0.4 is 22.3 Å². The van der Waals surface area contributed by atoms with Crippen molar-refractivity contribution < 1.29 is 4.39 Å². The Morgan fingerprint density at radius 1 is 1.22 bits per heavy atom. The topological polar surface area (TPSA) is 102 Å². The van der Waals surface area contributed by atoms with E-state index >= 15 is 0 Å². The number of hydrogen-bond acceptors (Lipinski definition) is 6. The summed E-state index contributed by atoms with van der Waals surface area (Å²) < 4.78 is 13.4. The maximum absolute atomic E-state index is 13.4. The molecule has 0 atom stereocenters. The highest BCUT2D eigenvalue weighted by Crippen LogP contribution is 2.22. The van der Waals surface area contributed by atoms with Crippen molar-refractivity contribution in [2.24, 2.45) is 5.84 Å². The van der Waals surface area contributed by atoms with Gasteiger partial charge in [-0.05, 0) is 19.1 Å². The maximum atomic E-state index is 13.4. The van der Waals surface area contributed by atoms with Gasteiger partial charge < -0.3 is 16.5 Å². The van der Waals surface area contributed by atoms with Crippen LogP contribution in [0.2, 0.25) is 0 Å². The summed E-state index contributed by atoms with van der Waals surface area (Å²) in [6.07, 6.45) is 0. The van der Waals surface area contributed by atoms with Gasteiger partial charge in [0.2, 0.25) is 5.95 Å². The van der Waals surface area contributed by atoms with Crippen LogP contribution in [0.25, 0.3) is 0 Å². The van der Waals surface area contributed by atoms with Crippen LogP contribution in [0.3, 0.4) is 0 Å². The van der Waals surface area contributed by atoms with Gasteiger partial charge >= 0.3 is 0 Å². The van der Waals surface area contributed by atoms with Gasteiger partial charge in [0.1, 0.15) is 17.5 Å². The van der Waals surface area contributed by atoms with Crippen LogP contribution in [-0.2, 0) is 0 Å². The Labute approximate surface area is 103 Å². The highest BCUT2D eigenvalue weighted by Gasteiger charge is 2.06. The van der Waals surface area contributed by atoms with Crippen molar-refractivity contribution in [1.29, 1.82) is 0 Å². The molecular weight excluding hydrogens is 235 g/mol. The Bertz CT molecular complexity index is 571. The first-order valence-electron chi connectivity index (χ1n) is 5.23. The Balaban J connectivity index is 2.34. The second-order valence-corrected chi connectivity index (χ2v) is 3.68. The summed E-state index contributed by atoms with van der Waals surface area (Å²) in [5, 5.41) is 2.96. The molecule has 94 valence electrons. The fourth-order valence-electron chi connectivity index (χ4n) is 1.48. The number of nitrogens with two attached hydrogens (primary N) is 2. The predicted octanol–water partition coefficient (Wildman–Crippen LogP) is 1.54. The Kier molecular flexibility index (Phi) is 3.24. The van der Waals surface area contributed by atoms with Crippen molar-refractivity contribution in [1.82, 2.24) is 9.97 Å². The highest BCUT2D eigenvalue weighted by molar-refractivity contribution is 5.63. The summed E-state index contributed by atoms with van der Waals surface area (Å²) in [7, 11) is 0. The number of rotatable bonds is 3. The van der Waals surface area contributed by atoms with Gasteiger partial charge in [0, 0.05) is 17.3 Å². The van der Waals surface area contributed by atoms with Crippen molar-refractivity contribution in [2.45, 2.75) is 6.92 Å². The molecule has 1 aromatic carbocycles. The van der Waals surface area contributed by atoms with Crippen LogP contribution in [0, 0.1) is 12.7 Å². The highest BCUT2D eigenvalue weighted by atomic mass is 19.1. The zero-order valence-electron chi connectivity index (χ0n) is 9.74. The molecule has 1 heterocycles. The number of hydrazine groups is 1. The number of nitrogen functional groups attached to an aromatic ring is 2. The summed E-state index contributed by atoms with van der Waals surface area (Å²) in [5.74, 6) is 5.84. The second-order valence-electron chi connectivity index (χ2n) is 3.68. The molecular formula is C11H13FN6. The SMILES string of the molecule is Cc1c(F)cccc1Nc1cc(NN)nc(N)n1. The van der Waals surface area contributed by atoms with E-state index in [1.807, 2.05) is 0 Å². The Morgan fingerprint density at radius 2 is 1.94 bits per heavy atom. The molecule has 0 aliphatic rings. The number of hydrogen-bond donors (Lipinski definition) is 4. The fraction of sp³-hybridized carbons (Fsp3) is 0.0909. The molecule has 0 spiro atoms. The predicted molar refractivity (Wildman–Crippen MR) is 68.7 cm³/mol. The fourth-order valence-corrected chi connectivity index (χ4v) is 1.48. The molecule has 0 saturated heterocycles. The molecule has 0 bridgehead atoms. The molecule has 0 aliphatic carbocycles. The van der Waals surface area contributed by atoms with Crippen LogP contribution in [0.15, 0.2) is 24.3 Å². The largest absolute Gasteiger partial charge is 0.368 e. The van der Waals surface area contributed by atoms with E-state index in [1.54, 1.807) is 25.1 Å². The number of halogens is 1.